The molecule has 0 spiro atoms. The number of aromatic nitrogens is 2. The van der Waals surface area contributed by atoms with Gasteiger partial charge in [-0.25, -0.2) is 9.78 Å². The molecule has 0 unspecified atom stereocenters. The van der Waals surface area contributed by atoms with Crippen LogP contribution in [0.1, 0.15) is 16.1 Å². The van der Waals surface area contributed by atoms with Gasteiger partial charge < -0.3 is 4.74 Å². The average molecular weight is 227 g/mol. The zero-order valence-corrected chi connectivity index (χ0v) is 9.12. The number of rotatable bonds is 2. The van der Waals surface area contributed by atoms with Crippen LogP contribution in [0.5, 0.6) is 0 Å². The third-order valence-electron chi connectivity index (χ3n) is 2.25. The zero-order valence-electron chi connectivity index (χ0n) is 9.12. The second kappa shape index (κ2) is 4.49. The summed E-state index contributed by atoms with van der Waals surface area (Å²) in [6, 6.07) is 8.82. The van der Waals surface area contributed by atoms with Crippen LogP contribution in [-0.2, 0) is 4.74 Å². The molecule has 0 N–H and O–H groups in total. The largest absolute Gasteiger partial charge is 0.465 e. The molecule has 0 bridgehead atoms. The van der Waals surface area contributed by atoms with E-state index in [1.165, 1.54) is 19.4 Å². The minimum atomic E-state index is -0.476. The van der Waals surface area contributed by atoms with Crippen LogP contribution in [-0.4, -0.2) is 22.6 Å². The Balaban J connectivity index is 2.52. The van der Waals surface area contributed by atoms with Crippen molar-refractivity contribution in [3.8, 4) is 11.9 Å². The van der Waals surface area contributed by atoms with E-state index in [1.807, 2.05) is 6.07 Å². The predicted molar refractivity (Wildman–Crippen MR) is 59.6 cm³/mol. The Hall–Kier alpha value is -2.61. The van der Waals surface area contributed by atoms with Gasteiger partial charge in [0.05, 0.1) is 12.7 Å². The first kappa shape index (κ1) is 10.9. The lowest BCUT2D eigenvalue weighted by Gasteiger charge is -2.01. The van der Waals surface area contributed by atoms with Crippen LogP contribution in [0.2, 0.25) is 0 Å². The molecular formula is C12H9N3O2. The highest BCUT2D eigenvalue weighted by atomic mass is 16.5. The number of carbonyl (C=O) groups excluding carboxylic acids is 1. The van der Waals surface area contributed by atoms with Crippen molar-refractivity contribution in [3.63, 3.8) is 0 Å². The molecular weight excluding hydrogens is 218 g/mol. The van der Waals surface area contributed by atoms with Crippen molar-refractivity contribution in [3.05, 3.63) is 47.9 Å². The normalized spacial score (nSPS) is 9.65. The Morgan fingerprint density at radius 3 is 2.94 bits per heavy atom. The van der Waals surface area contributed by atoms with E-state index in [2.05, 4.69) is 9.72 Å². The summed E-state index contributed by atoms with van der Waals surface area (Å²) in [6.07, 6.45) is 3.15. The highest BCUT2D eigenvalue weighted by molar-refractivity contribution is 5.89. The minimum Gasteiger partial charge on any atom is -0.465 e. The van der Waals surface area contributed by atoms with E-state index in [1.54, 1.807) is 29.0 Å². The second-order valence-electron chi connectivity index (χ2n) is 3.28. The molecule has 0 aromatic carbocycles. The van der Waals surface area contributed by atoms with Crippen molar-refractivity contribution in [2.75, 3.05) is 7.11 Å². The summed E-state index contributed by atoms with van der Waals surface area (Å²) in [5.74, 6) is 0.107. The first-order valence-corrected chi connectivity index (χ1v) is 4.88. The summed E-state index contributed by atoms with van der Waals surface area (Å²) in [5.41, 5.74) is 0.666. The van der Waals surface area contributed by atoms with Gasteiger partial charge in [-0.15, -0.1) is 0 Å². The number of nitriles is 1. The molecule has 0 saturated carbocycles. The van der Waals surface area contributed by atoms with E-state index in [-0.39, 0.29) is 0 Å². The van der Waals surface area contributed by atoms with E-state index >= 15 is 0 Å². The topological polar surface area (TPSA) is 67.9 Å². The third kappa shape index (κ3) is 2.01. The van der Waals surface area contributed by atoms with E-state index in [0.717, 1.165) is 0 Å². The molecule has 0 aliphatic rings. The Morgan fingerprint density at radius 1 is 1.53 bits per heavy atom. The molecule has 2 heterocycles. The summed E-state index contributed by atoms with van der Waals surface area (Å²) < 4.78 is 6.15. The fraction of sp³-hybridized carbons (Fsp3) is 0.0833. The molecule has 17 heavy (non-hydrogen) atoms. The Kier molecular flexibility index (Phi) is 2.88. The number of ether oxygens (including phenoxy) is 1. The van der Waals surface area contributed by atoms with Gasteiger partial charge in [0.25, 0.3) is 0 Å². The van der Waals surface area contributed by atoms with Gasteiger partial charge >= 0.3 is 5.97 Å². The van der Waals surface area contributed by atoms with Crippen LogP contribution in [0.15, 0.2) is 36.7 Å². The second-order valence-corrected chi connectivity index (χ2v) is 3.28. The quantitative estimate of drug-likeness (QED) is 0.729. The van der Waals surface area contributed by atoms with Crippen LogP contribution < -0.4 is 0 Å². The number of hydrogen-bond acceptors (Lipinski definition) is 4. The lowest BCUT2D eigenvalue weighted by atomic mass is 10.3. The Labute approximate surface area is 97.9 Å². The van der Waals surface area contributed by atoms with Gasteiger partial charge in [0.1, 0.15) is 17.6 Å². The standard InChI is InChI=1S/C12H9N3O2/c1-17-12(16)9-6-10(7-13)15(8-9)11-4-2-3-5-14-11/h2-6,8H,1H3. The smallest absolute Gasteiger partial charge is 0.339 e. The molecule has 0 aliphatic carbocycles. The Bertz CT molecular complexity index is 582. The van der Waals surface area contributed by atoms with Gasteiger partial charge in [-0.1, -0.05) is 6.07 Å². The molecule has 0 radical (unpaired) electrons. The van der Waals surface area contributed by atoms with E-state index in [9.17, 15) is 4.79 Å². The maximum atomic E-state index is 11.4. The number of methoxy groups -OCH3 is 1. The van der Waals surface area contributed by atoms with Gasteiger partial charge in [0.15, 0.2) is 0 Å². The van der Waals surface area contributed by atoms with Crippen molar-refractivity contribution >= 4 is 5.97 Å². The Morgan fingerprint density at radius 2 is 2.35 bits per heavy atom. The van der Waals surface area contributed by atoms with E-state index in [0.29, 0.717) is 17.1 Å². The maximum Gasteiger partial charge on any atom is 0.339 e. The number of carbonyl (C=O) groups is 1. The molecule has 0 atom stereocenters. The molecule has 5 heteroatoms. The molecule has 5 nitrogen and oxygen atoms in total. The van der Waals surface area contributed by atoms with Crippen LogP contribution >= 0.6 is 0 Å². The summed E-state index contributed by atoms with van der Waals surface area (Å²) in [5, 5.41) is 9.00. The number of nitrogens with zero attached hydrogens (tertiary/aromatic N) is 3. The van der Waals surface area contributed by atoms with Gasteiger partial charge in [0.2, 0.25) is 0 Å². The van der Waals surface area contributed by atoms with Crippen molar-refractivity contribution < 1.29 is 9.53 Å². The van der Waals surface area contributed by atoms with Gasteiger partial charge in [-0.2, -0.15) is 5.26 Å². The maximum absolute atomic E-state index is 11.4. The third-order valence-corrected chi connectivity index (χ3v) is 2.25. The predicted octanol–water partition coefficient (Wildman–Crippen LogP) is 1.53. The highest BCUT2D eigenvalue weighted by Gasteiger charge is 2.13. The number of hydrogen-bond donors (Lipinski definition) is 0. The first-order valence-electron chi connectivity index (χ1n) is 4.88. The van der Waals surface area contributed by atoms with Crippen LogP contribution in [0.25, 0.3) is 5.82 Å². The lowest BCUT2D eigenvalue weighted by Crippen LogP contribution is -2.00. The van der Waals surface area contributed by atoms with Crippen LogP contribution in [0, 0.1) is 11.3 Å². The molecule has 0 aliphatic heterocycles. The average Bonchev–Trinajstić information content (AvgIpc) is 2.83. The fourth-order valence-corrected chi connectivity index (χ4v) is 1.46. The minimum absolute atomic E-state index is 0.328. The highest BCUT2D eigenvalue weighted by Crippen LogP contribution is 2.14. The first-order chi connectivity index (χ1) is 8.26. The number of pyridine rings is 1. The SMILES string of the molecule is COC(=O)c1cc(C#N)n(-c2ccccn2)c1. The van der Waals surface area contributed by atoms with E-state index in [4.69, 9.17) is 5.26 Å². The van der Waals surface area contributed by atoms with Gasteiger partial charge in [0, 0.05) is 12.4 Å². The fourth-order valence-electron chi connectivity index (χ4n) is 1.46. The molecule has 0 amide bonds. The monoisotopic (exact) mass is 227 g/mol. The molecule has 2 aromatic rings. The number of esters is 1. The molecule has 84 valence electrons. The molecule has 0 fully saturated rings. The summed E-state index contributed by atoms with van der Waals surface area (Å²) in [6.45, 7) is 0. The van der Waals surface area contributed by atoms with Crippen LogP contribution in [0.4, 0.5) is 0 Å². The van der Waals surface area contributed by atoms with Crippen LogP contribution in [0.3, 0.4) is 0 Å². The summed E-state index contributed by atoms with van der Waals surface area (Å²) in [7, 11) is 1.30. The van der Waals surface area contributed by atoms with Crippen molar-refractivity contribution in [2.24, 2.45) is 0 Å². The van der Waals surface area contributed by atoms with Crippen molar-refractivity contribution in [1.82, 2.24) is 9.55 Å². The van der Waals surface area contributed by atoms with Crippen molar-refractivity contribution in [1.29, 1.82) is 5.26 Å². The van der Waals surface area contributed by atoms with Gasteiger partial charge in [-0.05, 0) is 18.2 Å². The summed E-state index contributed by atoms with van der Waals surface area (Å²) >= 11 is 0. The van der Waals surface area contributed by atoms with Gasteiger partial charge in [-0.3, -0.25) is 4.57 Å². The summed E-state index contributed by atoms with van der Waals surface area (Å²) in [4.78, 5) is 15.5. The zero-order chi connectivity index (χ0) is 12.3. The van der Waals surface area contributed by atoms with Crippen molar-refractivity contribution in [2.45, 2.75) is 0 Å². The molecule has 2 rings (SSSR count). The van der Waals surface area contributed by atoms with E-state index < -0.39 is 5.97 Å². The lowest BCUT2D eigenvalue weighted by molar-refractivity contribution is 0.0601. The molecule has 0 saturated heterocycles. The molecule has 2 aromatic heterocycles.